The Morgan fingerprint density at radius 2 is 1.80 bits per heavy atom. The van der Waals surface area contributed by atoms with Gasteiger partial charge in [0.25, 0.3) is 0 Å². The molecule has 0 unspecified atom stereocenters. The summed E-state index contributed by atoms with van der Waals surface area (Å²) < 4.78 is 13.1. The predicted octanol–water partition coefficient (Wildman–Crippen LogP) is 2.33. The molecule has 1 aliphatic rings. The van der Waals surface area contributed by atoms with Crippen molar-refractivity contribution < 1.29 is 14.1 Å². The number of benzene rings is 2. The minimum absolute atomic E-state index is 0.185. The third-order valence-corrected chi connectivity index (χ3v) is 4.53. The van der Waals surface area contributed by atoms with Gasteiger partial charge in [0, 0.05) is 31.0 Å². The van der Waals surface area contributed by atoms with Gasteiger partial charge in [0.1, 0.15) is 12.4 Å². The summed E-state index contributed by atoms with van der Waals surface area (Å²) in [5.41, 5.74) is 3.09. The maximum atomic E-state index is 13.1. The van der Waals surface area contributed by atoms with E-state index >= 15 is 0 Å². The van der Waals surface area contributed by atoms with E-state index in [-0.39, 0.29) is 11.7 Å². The standard InChI is InChI=1S/C21H23FN2O/c22-20-5-3-4-17(14-20)10-11-21(25)23-15-18-6-8-19(9-7-18)16-24-12-1-2-13-24/h3-11,14H,1-2,12-13,15-16H2,(H,23,25)/p+1/b11-10+. The van der Waals surface area contributed by atoms with Crippen LogP contribution in [0.5, 0.6) is 0 Å². The minimum Gasteiger partial charge on any atom is -0.348 e. The normalized spacial score (nSPS) is 14.9. The van der Waals surface area contributed by atoms with Crippen LogP contribution in [0.4, 0.5) is 4.39 Å². The van der Waals surface area contributed by atoms with Crippen LogP contribution in [0.15, 0.2) is 54.6 Å². The fraction of sp³-hybridized carbons (Fsp3) is 0.286. The Morgan fingerprint density at radius 1 is 1.08 bits per heavy atom. The van der Waals surface area contributed by atoms with Crippen LogP contribution in [-0.4, -0.2) is 19.0 Å². The summed E-state index contributed by atoms with van der Waals surface area (Å²) in [6, 6.07) is 14.6. The summed E-state index contributed by atoms with van der Waals surface area (Å²) in [7, 11) is 0. The molecule has 1 aliphatic heterocycles. The van der Waals surface area contributed by atoms with Gasteiger partial charge in [0.05, 0.1) is 13.1 Å². The van der Waals surface area contributed by atoms with Crippen LogP contribution in [-0.2, 0) is 17.9 Å². The first-order chi connectivity index (χ1) is 12.2. The van der Waals surface area contributed by atoms with Crippen molar-refractivity contribution in [2.24, 2.45) is 0 Å². The fourth-order valence-electron chi connectivity index (χ4n) is 3.15. The van der Waals surface area contributed by atoms with Crippen molar-refractivity contribution in [3.8, 4) is 0 Å². The van der Waals surface area contributed by atoms with E-state index in [0.717, 1.165) is 12.1 Å². The smallest absolute Gasteiger partial charge is 0.244 e. The lowest BCUT2D eigenvalue weighted by molar-refractivity contribution is -0.901. The minimum atomic E-state index is -0.307. The van der Waals surface area contributed by atoms with E-state index in [1.807, 2.05) is 0 Å². The van der Waals surface area contributed by atoms with Crippen molar-refractivity contribution in [2.75, 3.05) is 13.1 Å². The molecular formula is C21H24FN2O+. The van der Waals surface area contributed by atoms with Gasteiger partial charge in [-0.15, -0.1) is 0 Å². The summed E-state index contributed by atoms with van der Waals surface area (Å²) in [5.74, 6) is -0.492. The Balaban J connectivity index is 1.46. The Bertz CT molecular complexity index is 734. The molecule has 0 atom stereocenters. The Hall–Kier alpha value is -2.46. The molecule has 0 saturated carbocycles. The van der Waals surface area contributed by atoms with E-state index in [9.17, 15) is 9.18 Å². The van der Waals surface area contributed by atoms with Crippen LogP contribution >= 0.6 is 0 Å². The molecule has 2 aromatic rings. The van der Waals surface area contributed by atoms with Crippen molar-refractivity contribution in [2.45, 2.75) is 25.9 Å². The van der Waals surface area contributed by atoms with Gasteiger partial charge in [-0.25, -0.2) is 4.39 Å². The molecule has 3 nitrogen and oxygen atoms in total. The molecule has 0 aliphatic carbocycles. The number of hydrogen-bond acceptors (Lipinski definition) is 1. The van der Waals surface area contributed by atoms with Gasteiger partial charge in [0.2, 0.25) is 5.91 Å². The lowest BCUT2D eigenvalue weighted by atomic mass is 10.1. The zero-order chi connectivity index (χ0) is 17.5. The summed E-state index contributed by atoms with van der Waals surface area (Å²) in [6.45, 7) is 4.12. The van der Waals surface area contributed by atoms with Gasteiger partial charge in [-0.3, -0.25) is 4.79 Å². The molecule has 4 heteroatoms. The maximum Gasteiger partial charge on any atom is 0.244 e. The average molecular weight is 339 g/mol. The first kappa shape index (κ1) is 17.4. The van der Waals surface area contributed by atoms with Crippen molar-refractivity contribution in [1.82, 2.24) is 5.32 Å². The van der Waals surface area contributed by atoms with Gasteiger partial charge in [-0.1, -0.05) is 36.4 Å². The Morgan fingerprint density at radius 3 is 2.52 bits per heavy atom. The fourth-order valence-corrected chi connectivity index (χ4v) is 3.15. The number of nitrogens with one attached hydrogen (secondary N) is 2. The Kier molecular flexibility index (Phi) is 5.96. The van der Waals surface area contributed by atoms with Crippen molar-refractivity contribution >= 4 is 12.0 Å². The molecule has 0 spiro atoms. The summed E-state index contributed by atoms with van der Waals surface area (Å²) in [5, 5.41) is 2.85. The molecule has 0 aromatic heterocycles. The second-order valence-corrected chi connectivity index (χ2v) is 6.56. The highest BCUT2D eigenvalue weighted by Crippen LogP contribution is 2.06. The molecule has 2 N–H and O–H groups in total. The number of quaternary nitrogens is 1. The highest BCUT2D eigenvalue weighted by atomic mass is 19.1. The SMILES string of the molecule is O=C(/C=C/c1cccc(F)c1)NCc1ccc(C[NH+]2CCCC2)cc1. The van der Waals surface area contributed by atoms with E-state index in [0.29, 0.717) is 12.1 Å². The molecule has 25 heavy (non-hydrogen) atoms. The summed E-state index contributed by atoms with van der Waals surface area (Å²) in [4.78, 5) is 13.5. The molecule has 0 radical (unpaired) electrons. The van der Waals surface area contributed by atoms with Crippen molar-refractivity contribution in [3.63, 3.8) is 0 Å². The van der Waals surface area contributed by atoms with Crippen LogP contribution < -0.4 is 10.2 Å². The first-order valence-electron chi connectivity index (χ1n) is 8.82. The van der Waals surface area contributed by atoms with E-state index in [1.165, 1.54) is 49.7 Å². The number of amides is 1. The topological polar surface area (TPSA) is 33.5 Å². The van der Waals surface area contributed by atoms with Crippen molar-refractivity contribution in [1.29, 1.82) is 0 Å². The Labute approximate surface area is 148 Å². The molecule has 3 rings (SSSR count). The maximum absolute atomic E-state index is 13.1. The third-order valence-electron chi connectivity index (χ3n) is 4.53. The van der Waals surface area contributed by atoms with E-state index in [2.05, 4.69) is 29.6 Å². The van der Waals surface area contributed by atoms with E-state index in [4.69, 9.17) is 0 Å². The predicted molar refractivity (Wildman–Crippen MR) is 97.4 cm³/mol. The van der Waals surface area contributed by atoms with Crippen LogP contribution in [0.1, 0.15) is 29.5 Å². The first-order valence-corrected chi connectivity index (χ1v) is 8.82. The van der Waals surface area contributed by atoms with Crippen LogP contribution in [0.2, 0.25) is 0 Å². The lowest BCUT2D eigenvalue weighted by Gasteiger charge is -2.12. The third kappa shape index (κ3) is 5.54. The number of likely N-dealkylation sites (tertiary alicyclic amines) is 1. The molecule has 1 saturated heterocycles. The van der Waals surface area contributed by atoms with E-state index in [1.54, 1.807) is 23.1 Å². The zero-order valence-electron chi connectivity index (χ0n) is 14.3. The number of carbonyl (C=O) groups excluding carboxylic acids is 1. The molecule has 1 amide bonds. The largest absolute Gasteiger partial charge is 0.348 e. The van der Waals surface area contributed by atoms with Crippen LogP contribution in [0, 0.1) is 5.82 Å². The molecular weight excluding hydrogens is 315 g/mol. The highest BCUT2D eigenvalue weighted by molar-refractivity contribution is 5.91. The number of halogens is 1. The van der Waals surface area contributed by atoms with Gasteiger partial charge in [-0.2, -0.15) is 0 Å². The van der Waals surface area contributed by atoms with Gasteiger partial charge in [0.15, 0.2) is 0 Å². The summed E-state index contributed by atoms with van der Waals surface area (Å²) >= 11 is 0. The quantitative estimate of drug-likeness (QED) is 0.778. The molecule has 1 heterocycles. The second-order valence-electron chi connectivity index (χ2n) is 6.56. The van der Waals surface area contributed by atoms with Crippen LogP contribution in [0.3, 0.4) is 0 Å². The zero-order valence-corrected chi connectivity index (χ0v) is 14.3. The van der Waals surface area contributed by atoms with Gasteiger partial charge >= 0.3 is 0 Å². The molecule has 0 bridgehead atoms. The van der Waals surface area contributed by atoms with Gasteiger partial charge in [-0.05, 0) is 29.3 Å². The van der Waals surface area contributed by atoms with E-state index < -0.39 is 0 Å². The average Bonchev–Trinajstić information content (AvgIpc) is 3.12. The molecule has 130 valence electrons. The molecule has 2 aromatic carbocycles. The number of rotatable bonds is 6. The molecule has 1 fully saturated rings. The van der Waals surface area contributed by atoms with Crippen molar-refractivity contribution in [3.05, 3.63) is 77.1 Å². The highest BCUT2D eigenvalue weighted by Gasteiger charge is 2.15. The number of carbonyl (C=O) groups is 1. The monoisotopic (exact) mass is 339 g/mol. The lowest BCUT2D eigenvalue weighted by Crippen LogP contribution is -3.08. The summed E-state index contributed by atoms with van der Waals surface area (Å²) in [6.07, 6.45) is 5.71. The second kappa shape index (κ2) is 8.58. The van der Waals surface area contributed by atoms with Crippen LogP contribution in [0.25, 0.3) is 6.08 Å². The number of hydrogen-bond donors (Lipinski definition) is 2. The van der Waals surface area contributed by atoms with Gasteiger partial charge < -0.3 is 10.2 Å².